The summed E-state index contributed by atoms with van der Waals surface area (Å²) >= 11 is 0. The molecule has 0 spiro atoms. The van der Waals surface area contributed by atoms with E-state index in [2.05, 4.69) is 11.4 Å². The van der Waals surface area contributed by atoms with Gasteiger partial charge < -0.3 is 14.8 Å². The van der Waals surface area contributed by atoms with Crippen molar-refractivity contribution in [1.29, 1.82) is 5.26 Å². The molecule has 0 bridgehead atoms. The van der Waals surface area contributed by atoms with Crippen molar-refractivity contribution >= 4 is 5.69 Å². The molecule has 1 N–H and O–H groups in total. The Morgan fingerprint density at radius 3 is 3.11 bits per heavy atom. The lowest BCUT2D eigenvalue weighted by molar-refractivity contribution is 0.0532. The normalized spacial score (nSPS) is 20.8. The maximum atomic E-state index is 9.27. The summed E-state index contributed by atoms with van der Waals surface area (Å²) in [6.07, 6.45) is 2.07. The Hall–Kier alpha value is -1.73. The fraction of sp³-hybridized carbons (Fsp3) is 0.500. The number of ether oxygens (including phenoxy) is 2. The monoisotopic (exact) mass is 246 g/mol. The summed E-state index contributed by atoms with van der Waals surface area (Å²) in [5.41, 5.74) is 0.909. The van der Waals surface area contributed by atoms with Crippen LogP contribution in [0, 0.1) is 17.2 Å². The number of anilines is 1. The van der Waals surface area contributed by atoms with E-state index in [-0.39, 0.29) is 12.0 Å². The van der Waals surface area contributed by atoms with Crippen LogP contribution in [0.3, 0.4) is 0 Å². The Morgan fingerprint density at radius 1 is 1.56 bits per heavy atom. The Labute approximate surface area is 108 Å². The van der Waals surface area contributed by atoms with Crippen molar-refractivity contribution in [2.45, 2.75) is 18.9 Å². The zero-order valence-corrected chi connectivity index (χ0v) is 10.6. The number of nitrogens with one attached hydrogen (secondary N) is 1. The Kier molecular flexibility index (Phi) is 4.43. The smallest absolute Gasteiger partial charge is 0.120 e. The highest BCUT2D eigenvalue weighted by Gasteiger charge is 2.23. The summed E-state index contributed by atoms with van der Waals surface area (Å²) in [6, 6.07) is 9.75. The lowest BCUT2D eigenvalue weighted by Gasteiger charge is -2.27. The molecule has 2 rings (SSSR count). The third-order valence-corrected chi connectivity index (χ3v) is 3.20. The molecule has 96 valence electrons. The molecule has 0 radical (unpaired) electrons. The van der Waals surface area contributed by atoms with Gasteiger partial charge in [-0.25, -0.2) is 0 Å². The first-order valence-electron chi connectivity index (χ1n) is 6.21. The van der Waals surface area contributed by atoms with Crippen LogP contribution in [0.1, 0.15) is 12.8 Å². The van der Waals surface area contributed by atoms with E-state index in [1.165, 1.54) is 0 Å². The zero-order valence-electron chi connectivity index (χ0n) is 10.6. The van der Waals surface area contributed by atoms with Gasteiger partial charge in [0.2, 0.25) is 0 Å². The van der Waals surface area contributed by atoms with Crippen molar-refractivity contribution in [3.63, 3.8) is 0 Å². The summed E-state index contributed by atoms with van der Waals surface area (Å²) in [5.74, 6) is 1.05. The standard InChI is InChI=1S/C14H18N2O2/c1-17-13-6-2-5-12(8-13)16-14(9-15)11-4-3-7-18-10-11/h2,5-6,8,11,14,16H,3-4,7,10H2,1H3. The second-order valence-corrected chi connectivity index (χ2v) is 4.46. The molecule has 1 aliphatic heterocycles. The molecule has 1 saturated heterocycles. The van der Waals surface area contributed by atoms with Gasteiger partial charge in [-0.2, -0.15) is 5.26 Å². The minimum Gasteiger partial charge on any atom is -0.497 e. The maximum absolute atomic E-state index is 9.27. The van der Waals surface area contributed by atoms with E-state index in [9.17, 15) is 5.26 Å². The number of rotatable bonds is 4. The minimum atomic E-state index is -0.211. The zero-order chi connectivity index (χ0) is 12.8. The van der Waals surface area contributed by atoms with Gasteiger partial charge in [-0.05, 0) is 25.0 Å². The first-order chi connectivity index (χ1) is 8.83. The molecule has 1 aromatic rings. The number of hydrogen-bond acceptors (Lipinski definition) is 4. The van der Waals surface area contributed by atoms with Gasteiger partial charge >= 0.3 is 0 Å². The highest BCUT2D eigenvalue weighted by Crippen LogP contribution is 2.22. The lowest BCUT2D eigenvalue weighted by atomic mass is 9.94. The van der Waals surface area contributed by atoms with Gasteiger partial charge in [-0.1, -0.05) is 6.07 Å². The Morgan fingerprint density at radius 2 is 2.44 bits per heavy atom. The first-order valence-corrected chi connectivity index (χ1v) is 6.21. The fourth-order valence-corrected chi connectivity index (χ4v) is 2.18. The van der Waals surface area contributed by atoms with E-state index in [0.29, 0.717) is 6.61 Å². The molecule has 1 aromatic carbocycles. The summed E-state index contributed by atoms with van der Waals surface area (Å²) in [7, 11) is 1.63. The summed E-state index contributed by atoms with van der Waals surface area (Å²) in [5, 5.41) is 12.5. The molecule has 4 heteroatoms. The molecule has 1 fully saturated rings. The molecule has 0 amide bonds. The second-order valence-electron chi connectivity index (χ2n) is 4.46. The quantitative estimate of drug-likeness (QED) is 0.886. The molecule has 18 heavy (non-hydrogen) atoms. The van der Waals surface area contributed by atoms with Crippen LogP contribution < -0.4 is 10.1 Å². The van der Waals surface area contributed by atoms with E-state index in [4.69, 9.17) is 9.47 Å². The molecule has 1 heterocycles. The SMILES string of the molecule is COc1cccc(NC(C#N)C2CCCOC2)c1. The maximum Gasteiger partial charge on any atom is 0.120 e. The van der Waals surface area contributed by atoms with Gasteiger partial charge in [0, 0.05) is 24.3 Å². The molecular weight excluding hydrogens is 228 g/mol. The van der Waals surface area contributed by atoms with Crippen molar-refractivity contribution in [3.05, 3.63) is 24.3 Å². The fourth-order valence-electron chi connectivity index (χ4n) is 2.18. The topological polar surface area (TPSA) is 54.3 Å². The summed E-state index contributed by atoms with van der Waals surface area (Å²) in [6.45, 7) is 1.48. The largest absolute Gasteiger partial charge is 0.497 e. The van der Waals surface area contributed by atoms with Crippen LogP contribution in [0.4, 0.5) is 5.69 Å². The van der Waals surface area contributed by atoms with Gasteiger partial charge in [0.05, 0.1) is 19.8 Å². The van der Waals surface area contributed by atoms with E-state index in [1.54, 1.807) is 7.11 Å². The van der Waals surface area contributed by atoms with Crippen molar-refractivity contribution in [2.75, 3.05) is 25.6 Å². The first kappa shape index (κ1) is 12.7. The van der Waals surface area contributed by atoms with Crippen molar-refractivity contribution < 1.29 is 9.47 Å². The van der Waals surface area contributed by atoms with Gasteiger partial charge in [0.1, 0.15) is 11.8 Å². The predicted molar refractivity (Wildman–Crippen MR) is 69.6 cm³/mol. The van der Waals surface area contributed by atoms with E-state index < -0.39 is 0 Å². The Balaban J connectivity index is 2.02. The van der Waals surface area contributed by atoms with Crippen LogP contribution in [-0.2, 0) is 4.74 Å². The van der Waals surface area contributed by atoms with Crippen molar-refractivity contribution in [1.82, 2.24) is 0 Å². The molecule has 2 unspecified atom stereocenters. The number of nitriles is 1. The van der Waals surface area contributed by atoms with Crippen LogP contribution in [0.15, 0.2) is 24.3 Å². The molecule has 4 nitrogen and oxygen atoms in total. The van der Waals surface area contributed by atoms with Crippen molar-refractivity contribution in [3.8, 4) is 11.8 Å². The number of methoxy groups -OCH3 is 1. The number of nitrogens with zero attached hydrogens (tertiary/aromatic N) is 1. The molecule has 0 aromatic heterocycles. The number of hydrogen-bond donors (Lipinski definition) is 1. The summed E-state index contributed by atoms with van der Waals surface area (Å²) < 4.78 is 10.6. The van der Waals surface area contributed by atoms with Crippen LogP contribution in [-0.4, -0.2) is 26.4 Å². The lowest BCUT2D eigenvalue weighted by Crippen LogP contribution is -2.33. The molecule has 2 atom stereocenters. The van der Waals surface area contributed by atoms with E-state index >= 15 is 0 Å². The second kappa shape index (κ2) is 6.27. The van der Waals surface area contributed by atoms with Crippen LogP contribution in [0.2, 0.25) is 0 Å². The Bertz CT molecular complexity index is 422. The third-order valence-electron chi connectivity index (χ3n) is 3.20. The summed E-state index contributed by atoms with van der Waals surface area (Å²) in [4.78, 5) is 0. The van der Waals surface area contributed by atoms with Crippen LogP contribution in [0.5, 0.6) is 5.75 Å². The number of benzene rings is 1. The van der Waals surface area contributed by atoms with Gasteiger partial charge in [0.15, 0.2) is 0 Å². The third kappa shape index (κ3) is 3.14. The average molecular weight is 246 g/mol. The molecule has 1 aliphatic rings. The molecule has 0 aliphatic carbocycles. The predicted octanol–water partition coefficient (Wildman–Crippen LogP) is 2.43. The molecular formula is C14H18N2O2. The van der Waals surface area contributed by atoms with Crippen molar-refractivity contribution in [2.24, 2.45) is 5.92 Å². The average Bonchev–Trinajstić information content (AvgIpc) is 2.46. The minimum absolute atomic E-state index is 0.211. The van der Waals surface area contributed by atoms with Crippen LogP contribution >= 0.6 is 0 Å². The van der Waals surface area contributed by atoms with Crippen LogP contribution in [0.25, 0.3) is 0 Å². The van der Waals surface area contributed by atoms with Gasteiger partial charge in [-0.3, -0.25) is 0 Å². The van der Waals surface area contributed by atoms with E-state index in [1.807, 2.05) is 24.3 Å². The van der Waals surface area contributed by atoms with Gasteiger partial charge in [-0.15, -0.1) is 0 Å². The van der Waals surface area contributed by atoms with Gasteiger partial charge in [0.25, 0.3) is 0 Å². The van der Waals surface area contributed by atoms with E-state index in [0.717, 1.165) is 30.9 Å². The highest BCUT2D eigenvalue weighted by atomic mass is 16.5. The highest BCUT2D eigenvalue weighted by molar-refractivity contribution is 5.49. The molecule has 0 saturated carbocycles.